The van der Waals surface area contributed by atoms with E-state index in [-0.39, 0.29) is 11.6 Å². The average Bonchev–Trinajstić information content (AvgIpc) is 3.24. The second-order valence-electron chi connectivity index (χ2n) is 10.2. The summed E-state index contributed by atoms with van der Waals surface area (Å²) in [6, 6.07) is 21.1. The zero-order valence-electron chi connectivity index (χ0n) is 19.5. The zero-order valence-corrected chi connectivity index (χ0v) is 19.5. The van der Waals surface area contributed by atoms with Crippen molar-refractivity contribution in [2.75, 3.05) is 14.1 Å². The minimum atomic E-state index is -0.160. The molecule has 1 aromatic heterocycles. The molecule has 0 bridgehead atoms. The standard InChI is InChI=1S/C26H35N5/c1-25(2,3)22-16-18-26(19-17-22,30(4)5)24-27-28-29-31(24)23(20-12-8-6-9-13-20)21-14-10-7-11-15-21/h6-15,22-23H,16-19H2,1-5H3. The highest BCUT2D eigenvalue weighted by Gasteiger charge is 2.45. The molecule has 0 N–H and O–H groups in total. The van der Waals surface area contributed by atoms with Crippen LogP contribution in [0.3, 0.4) is 0 Å². The van der Waals surface area contributed by atoms with Gasteiger partial charge in [-0.25, -0.2) is 4.68 Å². The van der Waals surface area contributed by atoms with Crippen LogP contribution in [0.25, 0.3) is 0 Å². The molecule has 0 saturated heterocycles. The van der Waals surface area contributed by atoms with Gasteiger partial charge in [0.15, 0.2) is 5.82 Å². The van der Waals surface area contributed by atoms with E-state index in [0.717, 1.165) is 24.6 Å². The highest BCUT2D eigenvalue weighted by molar-refractivity contribution is 5.33. The quantitative estimate of drug-likeness (QED) is 0.565. The topological polar surface area (TPSA) is 46.8 Å². The summed E-state index contributed by atoms with van der Waals surface area (Å²) in [5, 5.41) is 13.4. The fraction of sp³-hybridized carbons (Fsp3) is 0.500. The Labute approximate surface area is 186 Å². The first kappa shape index (κ1) is 21.7. The van der Waals surface area contributed by atoms with Crippen LogP contribution in [-0.4, -0.2) is 39.2 Å². The molecular formula is C26H35N5. The Hall–Kier alpha value is -2.53. The molecule has 0 spiro atoms. The molecule has 0 amide bonds. The highest BCUT2D eigenvalue weighted by Crippen LogP contribution is 2.47. The lowest BCUT2D eigenvalue weighted by molar-refractivity contribution is 0.0351. The summed E-state index contributed by atoms with van der Waals surface area (Å²) in [6.45, 7) is 7.10. The Balaban J connectivity index is 1.79. The highest BCUT2D eigenvalue weighted by atomic mass is 15.6. The predicted molar refractivity (Wildman–Crippen MR) is 125 cm³/mol. The maximum Gasteiger partial charge on any atom is 0.172 e. The fourth-order valence-electron chi connectivity index (χ4n) is 5.25. The third-order valence-corrected chi connectivity index (χ3v) is 7.28. The Morgan fingerprint density at radius 1 is 0.903 bits per heavy atom. The molecule has 1 aliphatic carbocycles. The molecule has 3 aromatic rings. The summed E-state index contributed by atoms with van der Waals surface area (Å²) >= 11 is 0. The van der Waals surface area contributed by atoms with E-state index in [1.807, 2.05) is 0 Å². The van der Waals surface area contributed by atoms with E-state index in [0.29, 0.717) is 5.41 Å². The fourth-order valence-corrected chi connectivity index (χ4v) is 5.25. The van der Waals surface area contributed by atoms with E-state index < -0.39 is 0 Å². The molecule has 5 nitrogen and oxygen atoms in total. The van der Waals surface area contributed by atoms with Crippen molar-refractivity contribution in [2.24, 2.45) is 11.3 Å². The molecule has 4 rings (SSSR count). The summed E-state index contributed by atoms with van der Waals surface area (Å²) < 4.78 is 2.07. The van der Waals surface area contributed by atoms with Gasteiger partial charge in [-0.1, -0.05) is 81.4 Å². The van der Waals surface area contributed by atoms with Crippen molar-refractivity contribution in [3.8, 4) is 0 Å². The van der Waals surface area contributed by atoms with Crippen molar-refractivity contribution >= 4 is 0 Å². The monoisotopic (exact) mass is 417 g/mol. The minimum Gasteiger partial charge on any atom is -0.297 e. The minimum absolute atomic E-state index is 0.0513. The van der Waals surface area contributed by atoms with Crippen LogP contribution in [0, 0.1) is 11.3 Å². The molecule has 1 heterocycles. The van der Waals surface area contributed by atoms with Crippen molar-refractivity contribution < 1.29 is 0 Å². The van der Waals surface area contributed by atoms with Crippen molar-refractivity contribution in [3.63, 3.8) is 0 Å². The molecule has 5 heteroatoms. The lowest BCUT2D eigenvalue weighted by Gasteiger charge is -2.47. The molecule has 0 unspecified atom stereocenters. The van der Waals surface area contributed by atoms with Gasteiger partial charge in [0, 0.05) is 0 Å². The van der Waals surface area contributed by atoms with E-state index in [9.17, 15) is 0 Å². The van der Waals surface area contributed by atoms with E-state index in [1.165, 1.54) is 24.0 Å². The van der Waals surface area contributed by atoms with Crippen LogP contribution in [0.4, 0.5) is 0 Å². The number of hydrogen-bond acceptors (Lipinski definition) is 4. The van der Waals surface area contributed by atoms with Crippen LogP contribution in [0.1, 0.15) is 69.4 Å². The predicted octanol–water partition coefficient (Wildman–Crippen LogP) is 5.30. The summed E-state index contributed by atoms with van der Waals surface area (Å²) in [5.74, 6) is 1.70. The van der Waals surface area contributed by atoms with Gasteiger partial charge in [-0.05, 0) is 72.7 Å². The van der Waals surface area contributed by atoms with Gasteiger partial charge in [0.2, 0.25) is 0 Å². The van der Waals surface area contributed by atoms with Crippen LogP contribution < -0.4 is 0 Å². The maximum atomic E-state index is 4.65. The first-order valence-corrected chi connectivity index (χ1v) is 11.4. The third-order valence-electron chi connectivity index (χ3n) is 7.28. The molecule has 31 heavy (non-hydrogen) atoms. The second-order valence-corrected chi connectivity index (χ2v) is 10.2. The molecule has 1 saturated carbocycles. The summed E-state index contributed by atoms with van der Waals surface area (Å²) in [6.07, 6.45) is 4.52. The van der Waals surface area contributed by atoms with Crippen molar-refractivity contribution in [3.05, 3.63) is 77.6 Å². The molecule has 0 radical (unpaired) electrons. The Morgan fingerprint density at radius 3 is 1.87 bits per heavy atom. The van der Waals surface area contributed by atoms with Crippen LogP contribution >= 0.6 is 0 Å². The first-order chi connectivity index (χ1) is 14.8. The van der Waals surface area contributed by atoms with E-state index in [2.05, 4.69) is 121 Å². The smallest absolute Gasteiger partial charge is 0.172 e. The normalized spacial score (nSPS) is 22.2. The van der Waals surface area contributed by atoms with Gasteiger partial charge < -0.3 is 0 Å². The lowest BCUT2D eigenvalue weighted by atomic mass is 9.66. The van der Waals surface area contributed by atoms with E-state index in [1.54, 1.807) is 0 Å². The molecule has 2 aromatic carbocycles. The Morgan fingerprint density at radius 2 is 1.42 bits per heavy atom. The second kappa shape index (κ2) is 8.54. The van der Waals surface area contributed by atoms with Gasteiger partial charge in [0.1, 0.15) is 6.04 Å². The zero-order chi connectivity index (χ0) is 22.1. The number of nitrogens with zero attached hydrogens (tertiary/aromatic N) is 5. The van der Waals surface area contributed by atoms with Crippen LogP contribution in [0.5, 0.6) is 0 Å². The molecule has 1 fully saturated rings. The van der Waals surface area contributed by atoms with Gasteiger partial charge in [0.25, 0.3) is 0 Å². The van der Waals surface area contributed by atoms with Crippen molar-refractivity contribution in [2.45, 2.75) is 58.0 Å². The van der Waals surface area contributed by atoms with Crippen LogP contribution in [0.2, 0.25) is 0 Å². The number of rotatable bonds is 5. The summed E-state index contributed by atoms with van der Waals surface area (Å²) in [4.78, 5) is 2.35. The van der Waals surface area contributed by atoms with Gasteiger partial charge in [-0.15, -0.1) is 5.10 Å². The van der Waals surface area contributed by atoms with Gasteiger partial charge >= 0.3 is 0 Å². The molecule has 164 valence electrons. The molecule has 0 atom stereocenters. The average molecular weight is 418 g/mol. The van der Waals surface area contributed by atoms with Crippen molar-refractivity contribution in [1.29, 1.82) is 0 Å². The van der Waals surface area contributed by atoms with Crippen LogP contribution in [-0.2, 0) is 5.54 Å². The molecule has 1 aliphatic rings. The number of benzene rings is 2. The van der Waals surface area contributed by atoms with Gasteiger partial charge in [-0.3, -0.25) is 4.90 Å². The largest absolute Gasteiger partial charge is 0.297 e. The van der Waals surface area contributed by atoms with Gasteiger partial charge in [0.05, 0.1) is 5.54 Å². The Bertz CT molecular complexity index is 924. The Kier molecular flexibility index (Phi) is 5.98. The SMILES string of the molecule is CN(C)C1(c2nnnn2C(c2ccccc2)c2ccccc2)CCC(C(C)(C)C)CC1. The number of hydrogen-bond donors (Lipinski definition) is 0. The van der Waals surface area contributed by atoms with Crippen LogP contribution in [0.15, 0.2) is 60.7 Å². The summed E-state index contributed by atoms with van der Waals surface area (Å²) in [7, 11) is 4.35. The first-order valence-electron chi connectivity index (χ1n) is 11.4. The third kappa shape index (κ3) is 4.16. The summed E-state index contributed by atoms with van der Waals surface area (Å²) in [5.41, 5.74) is 2.56. The van der Waals surface area contributed by atoms with E-state index in [4.69, 9.17) is 0 Å². The number of aromatic nitrogens is 4. The lowest BCUT2D eigenvalue weighted by Crippen LogP contribution is -2.48. The van der Waals surface area contributed by atoms with Crippen molar-refractivity contribution in [1.82, 2.24) is 25.1 Å². The maximum absolute atomic E-state index is 4.65. The number of tetrazole rings is 1. The van der Waals surface area contributed by atoms with E-state index >= 15 is 0 Å². The van der Waals surface area contributed by atoms with Gasteiger partial charge in [-0.2, -0.15) is 0 Å². The molecular weight excluding hydrogens is 382 g/mol. The molecule has 0 aliphatic heterocycles.